The number of ether oxygens (including phenoxy) is 2. The molecule has 0 bridgehead atoms. The third-order valence-corrected chi connectivity index (χ3v) is 12.3. The lowest BCUT2D eigenvalue weighted by atomic mass is 10.1. The van der Waals surface area contributed by atoms with E-state index in [1.807, 2.05) is 12.1 Å². The molecule has 0 heterocycles. The molecule has 5 rings (SSSR count). The fraction of sp³-hybridized carbons (Fsp3) is 0.152. The predicted octanol–water partition coefficient (Wildman–Crippen LogP) is 6.73. The molecule has 4 heteroatoms. The van der Waals surface area contributed by atoms with Crippen LogP contribution in [0.4, 0.5) is 0 Å². The van der Waals surface area contributed by atoms with Crippen LogP contribution in [0.5, 0.6) is 11.5 Å². The average Bonchev–Trinajstić information content (AvgIpc) is 3.44. The molecule has 0 aromatic heterocycles. The molecule has 0 saturated heterocycles. The van der Waals surface area contributed by atoms with E-state index in [1.165, 1.54) is 26.5 Å². The minimum Gasteiger partial charge on any atom is -0.496 e. The molecule has 1 aliphatic carbocycles. The van der Waals surface area contributed by atoms with Crippen LogP contribution >= 0.6 is 15.8 Å². The van der Waals surface area contributed by atoms with Crippen molar-refractivity contribution in [3.05, 3.63) is 133 Å². The van der Waals surface area contributed by atoms with Crippen molar-refractivity contribution in [3.8, 4) is 11.5 Å². The van der Waals surface area contributed by atoms with Gasteiger partial charge in [-0.3, -0.25) is 0 Å². The van der Waals surface area contributed by atoms with Crippen LogP contribution in [0.25, 0.3) is 0 Å². The molecular formula is C33H32O2P2. The lowest BCUT2D eigenvalue weighted by Gasteiger charge is -2.35. The van der Waals surface area contributed by atoms with Gasteiger partial charge in [0.1, 0.15) is 11.5 Å². The molecule has 37 heavy (non-hydrogen) atoms. The van der Waals surface area contributed by atoms with Crippen molar-refractivity contribution in [2.24, 2.45) is 5.92 Å². The van der Waals surface area contributed by atoms with Crippen molar-refractivity contribution in [1.29, 1.82) is 0 Å². The third kappa shape index (κ3) is 5.28. The zero-order valence-corrected chi connectivity index (χ0v) is 23.3. The molecule has 186 valence electrons. The Morgan fingerprint density at radius 1 is 0.622 bits per heavy atom. The van der Waals surface area contributed by atoms with Gasteiger partial charge in [0.25, 0.3) is 0 Å². The first kappa shape index (κ1) is 25.5. The molecule has 0 radical (unpaired) electrons. The van der Waals surface area contributed by atoms with Crippen molar-refractivity contribution < 1.29 is 9.47 Å². The predicted molar refractivity (Wildman–Crippen MR) is 161 cm³/mol. The first-order valence-electron chi connectivity index (χ1n) is 12.6. The van der Waals surface area contributed by atoms with Crippen LogP contribution in [0.3, 0.4) is 0 Å². The minimum atomic E-state index is -0.797. The molecule has 0 N–H and O–H groups in total. The highest BCUT2D eigenvalue weighted by atomic mass is 31.1. The summed E-state index contributed by atoms with van der Waals surface area (Å²) in [6, 6.07) is 38.9. The van der Waals surface area contributed by atoms with Gasteiger partial charge in [-0.05, 0) is 49.6 Å². The molecule has 2 atom stereocenters. The lowest BCUT2D eigenvalue weighted by molar-refractivity contribution is 0.417. The number of para-hydroxylation sites is 2. The fourth-order valence-electron chi connectivity index (χ4n) is 5.10. The van der Waals surface area contributed by atoms with E-state index in [1.54, 1.807) is 14.2 Å². The molecule has 2 unspecified atom stereocenters. The van der Waals surface area contributed by atoms with Crippen LogP contribution in [-0.2, 0) is 0 Å². The molecule has 0 spiro atoms. The van der Waals surface area contributed by atoms with Gasteiger partial charge in [-0.2, -0.15) is 0 Å². The second-order valence-electron chi connectivity index (χ2n) is 8.96. The van der Waals surface area contributed by atoms with Crippen LogP contribution in [0, 0.1) is 5.92 Å². The van der Waals surface area contributed by atoms with Gasteiger partial charge < -0.3 is 9.47 Å². The first-order chi connectivity index (χ1) is 18.2. The maximum Gasteiger partial charge on any atom is 0.126 e. The second-order valence-corrected chi connectivity index (χ2v) is 13.7. The zero-order chi connectivity index (χ0) is 25.6. The Labute approximate surface area is 223 Å². The summed E-state index contributed by atoms with van der Waals surface area (Å²) in [4.78, 5) is 0. The number of methoxy groups -OCH3 is 2. The van der Waals surface area contributed by atoms with Crippen molar-refractivity contribution in [2.75, 3.05) is 14.2 Å². The van der Waals surface area contributed by atoms with Crippen LogP contribution in [-0.4, -0.2) is 19.9 Å². The van der Waals surface area contributed by atoms with E-state index in [0.29, 0.717) is 11.6 Å². The first-order valence-corrected chi connectivity index (χ1v) is 15.3. The highest BCUT2D eigenvalue weighted by molar-refractivity contribution is 7.77. The normalized spacial score (nSPS) is 15.6. The van der Waals surface area contributed by atoms with Crippen LogP contribution in [0.15, 0.2) is 133 Å². The molecule has 0 saturated carbocycles. The molecule has 4 aromatic carbocycles. The molecule has 0 fully saturated rings. The molecule has 4 aromatic rings. The number of hydrogen-bond donors (Lipinski definition) is 0. The molecule has 2 nitrogen and oxygen atoms in total. The summed E-state index contributed by atoms with van der Waals surface area (Å²) in [7, 11) is 2.08. The Morgan fingerprint density at radius 3 is 1.57 bits per heavy atom. The summed E-state index contributed by atoms with van der Waals surface area (Å²) in [6.07, 6.45) is 7.03. The van der Waals surface area contributed by atoms with E-state index < -0.39 is 15.8 Å². The summed E-state index contributed by atoms with van der Waals surface area (Å²) in [6.45, 7) is 2.41. The van der Waals surface area contributed by atoms with Gasteiger partial charge in [0.2, 0.25) is 0 Å². The largest absolute Gasteiger partial charge is 0.496 e. The average molecular weight is 523 g/mol. The molecule has 1 aliphatic rings. The van der Waals surface area contributed by atoms with E-state index in [2.05, 4.69) is 122 Å². The van der Waals surface area contributed by atoms with Crippen LogP contribution in [0.2, 0.25) is 0 Å². The van der Waals surface area contributed by atoms with Crippen molar-refractivity contribution in [1.82, 2.24) is 0 Å². The van der Waals surface area contributed by atoms with Gasteiger partial charge in [0, 0.05) is 16.5 Å². The van der Waals surface area contributed by atoms with Crippen LogP contribution in [0.1, 0.15) is 6.92 Å². The quantitative estimate of drug-likeness (QED) is 0.227. The Morgan fingerprint density at radius 2 is 1.08 bits per heavy atom. The van der Waals surface area contributed by atoms with E-state index in [0.717, 1.165) is 11.5 Å². The van der Waals surface area contributed by atoms with Gasteiger partial charge in [-0.15, -0.1) is 0 Å². The summed E-state index contributed by atoms with van der Waals surface area (Å²) >= 11 is 0. The van der Waals surface area contributed by atoms with Gasteiger partial charge >= 0.3 is 0 Å². The highest BCUT2D eigenvalue weighted by Gasteiger charge is 2.36. The van der Waals surface area contributed by atoms with Crippen molar-refractivity contribution in [2.45, 2.75) is 12.6 Å². The Balaban J connectivity index is 1.62. The van der Waals surface area contributed by atoms with Crippen molar-refractivity contribution in [3.63, 3.8) is 0 Å². The number of rotatable bonds is 9. The number of benzene rings is 4. The number of allylic oxidation sites excluding steroid dienone is 4. The highest BCUT2D eigenvalue weighted by Crippen LogP contribution is 2.56. The molecule has 0 aliphatic heterocycles. The van der Waals surface area contributed by atoms with Crippen LogP contribution < -0.4 is 30.7 Å². The van der Waals surface area contributed by atoms with E-state index >= 15 is 0 Å². The van der Waals surface area contributed by atoms with Gasteiger partial charge in [-0.25, -0.2) is 0 Å². The van der Waals surface area contributed by atoms with Gasteiger partial charge in [0.15, 0.2) is 0 Å². The summed E-state index contributed by atoms with van der Waals surface area (Å²) in [5, 5.41) is 6.77. The Bertz CT molecular complexity index is 1290. The fourth-order valence-corrected chi connectivity index (χ4v) is 10.9. The summed E-state index contributed by atoms with van der Waals surface area (Å²) in [5.74, 6) is 2.17. The molecule has 0 amide bonds. The number of hydrogen-bond acceptors (Lipinski definition) is 2. The standard InChI is InChI=1S/C33H32O2P2/c1-25(36(32-22-12-10-20-29(32)34-2)33-23-13-11-21-30(33)35-3)28-19-14-24-31(28)37(26-15-6-4-7-16-26)27-17-8-5-9-18-27/h4-25,28H,1-3H3. The lowest BCUT2D eigenvalue weighted by Crippen LogP contribution is -2.28. The summed E-state index contributed by atoms with van der Waals surface area (Å²) in [5.41, 5.74) is 0.324. The Kier molecular flexibility index (Phi) is 8.20. The summed E-state index contributed by atoms with van der Waals surface area (Å²) < 4.78 is 11.8. The maximum atomic E-state index is 5.89. The zero-order valence-electron chi connectivity index (χ0n) is 21.5. The monoisotopic (exact) mass is 522 g/mol. The topological polar surface area (TPSA) is 18.5 Å². The van der Waals surface area contributed by atoms with Gasteiger partial charge in [-0.1, -0.05) is 122 Å². The van der Waals surface area contributed by atoms with E-state index in [-0.39, 0.29) is 0 Å². The Hall–Kier alpha value is -3.18. The smallest absolute Gasteiger partial charge is 0.126 e. The second kappa shape index (κ2) is 11.9. The SMILES string of the molecule is COc1ccccc1P(c1ccccc1OC)C(C)C1C=CC=C1P(c1ccccc1)c1ccccc1. The minimum absolute atomic E-state index is 0.299. The van der Waals surface area contributed by atoms with E-state index in [4.69, 9.17) is 9.47 Å². The maximum absolute atomic E-state index is 5.89. The van der Waals surface area contributed by atoms with Crippen molar-refractivity contribution >= 4 is 37.1 Å². The molecular weight excluding hydrogens is 490 g/mol. The van der Waals surface area contributed by atoms with E-state index in [9.17, 15) is 0 Å². The van der Waals surface area contributed by atoms with Gasteiger partial charge in [0.05, 0.1) is 14.2 Å². The third-order valence-electron chi connectivity index (χ3n) is 6.83.